The molecule has 1 aromatic carbocycles. The Labute approximate surface area is 225 Å². The van der Waals surface area contributed by atoms with Crippen molar-refractivity contribution in [2.75, 3.05) is 38.1 Å². The summed E-state index contributed by atoms with van der Waals surface area (Å²) in [6, 6.07) is 18.3. The lowest BCUT2D eigenvalue weighted by atomic mass is 10.1. The number of pyridine rings is 3. The Morgan fingerprint density at radius 3 is 2.62 bits per heavy atom. The number of hydrogen-bond acceptors (Lipinski definition) is 7. The highest BCUT2D eigenvalue weighted by molar-refractivity contribution is 5.99. The SMILES string of the molecule is CN1CCN(c2nccc3[nH]c(-c4n[nH]c5cnc(-c6cncc(OCc7ccccc7)c6)cc45)cc23)CC1. The number of piperazine rings is 1. The molecule has 0 amide bonds. The molecule has 6 heterocycles. The first-order chi connectivity index (χ1) is 19.2. The van der Waals surface area contributed by atoms with Crippen molar-refractivity contribution in [1.29, 1.82) is 0 Å². The number of hydrogen-bond donors (Lipinski definition) is 2. The third-order valence-electron chi connectivity index (χ3n) is 7.29. The van der Waals surface area contributed by atoms with Gasteiger partial charge in [0.25, 0.3) is 0 Å². The van der Waals surface area contributed by atoms with Crippen LogP contribution in [0.5, 0.6) is 5.75 Å². The van der Waals surface area contributed by atoms with Gasteiger partial charge < -0.3 is 19.5 Å². The summed E-state index contributed by atoms with van der Waals surface area (Å²) >= 11 is 0. The lowest BCUT2D eigenvalue weighted by Crippen LogP contribution is -2.44. The van der Waals surface area contributed by atoms with Crippen LogP contribution in [0.4, 0.5) is 5.82 Å². The minimum atomic E-state index is 0.482. The van der Waals surface area contributed by atoms with E-state index >= 15 is 0 Å². The number of likely N-dealkylation sites (N-methyl/N-ethyl adjacent to an activating group) is 1. The maximum Gasteiger partial charge on any atom is 0.138 e. The number of ether oxygens (including phenoxy) is 1. The van der Waals surface area contributed by atoms with E-state index in [2.05, 4.69) is 54.1 Å². The molecule has 0 unspecified atom stereocenters. The molecule has 6 aromatic rings. The zero-order valence-corrected chi connectivity index (χ0v) is 21.6. The molecule has 1 saturated heterocycles. The summed E-state index contributed by atoms with van der Waals surface area (Å²) in [6.07, 6.45) is 7.23. The molecule has 5 aromatic heterocycles. The molecule has 0 bridgehead atoms. The molecule has 1 aliphatic rings. The number of benzene rings is 1. The van der Waals surface area contributed by atoms with E-state index in [4.69, 9.17) is 9.72 Å². The van der Waals surface area contributed by atoms with Crippen LogP contribution in [0.25, 0.3) is 44.5 Å². The lowest BCUT2D eigenvalue weighted by Gasteiger charge is -2.33. The van der Waals surface area contributed by atoms with Crippen molar-refractivity contribution in [2.24, 2.45) is 0 Å². The number of nitrogens with one attached hydrogen (secondary N) is 2. The van der Waals surface area contributed by atoms with Gasteiger partial charge in [-0.15, -0.1) is 0 Å². The first-order valence-electron chi connectivity index (χ1n) is 13.1. The van der Waals surface area contributed by atoms with Gasteiger partial charge in [-0.05, 0) is 36.9 Å². The van der Waals surface area contributed by atoms with Gasteiger partial charge in [-0.25, -0.2) is 4.98 Å². The van der Waals surface area contributed by atoms with E-state index in [0.717, 1.165) is 82.0 Å². The molecule has 2 N–H and O–H groups in total. The number of anilines is 1. The van der Waals surface area contributed by atoms with Crippen LogP contribution < -0.4 is 9.64 Å². The third-order valence-corrected chi connectivity index (χ3v) is 7.29. The van der Waals surface area contributed by atoms with Crippen LogP contribution >= 0.6 is 0 Å². The van der Waals surface area contributed by atoms with Crippen LogP contribution in [-0.2, 0) is 6.61 Å². The minimum Gasteiger partial charge on any atom is -0.487 e. The van der Waals surface area contributed by atoms with Crippen LogP contribution in [0.1, 0.15) is 5.56 Å². The topological polar surface area (TPSA) is 98.8 Å². The van der Waals surface area contributed by atoms with E-state index in [-0.39, 0.29) is 0 Å². The molecule has 0 saturated carbocycles. The van der Waals surface area contributed by atoms with Gasteiger partial charge in [0.1, 0.15) is 23.9 Å². The van der Waals surface area contributed by atoms with Crippen LogP contribution in [0.15, 0.2) is 79.4 Å². The van der Waals surface area contributed by atoms with Crippen molar-refractivity contribution in [3.63, 3.8) is 0 Å². The summed E-state index contributed by atoms with van der Waals surface area (Å²) in [5.74, 6) is 1.72. The van der Waals surface area contributed by atoms with E-state index < -0.39 is 0 Å². The second-order valence-electron chi connectivity index (χ2n) is 9.94. The van der Waals surface area contributed by atoms with Gasteiger partial charge >= 0.3 is 0 Å². The highest BCUT2D eigenvalue weighted by atomic mass is 16.5. The molecule has 0 aliphatic carbocycles. The van der Waals surface area contributed by atoms with E-state index in [1.807, 2.05) is 54.9 Å². The molecule has 9 heteroatoms. The quantitative estimate of drug-likeness (QED) is 0.325. The Hall–Kier alpha value is -4.76. The average molecular weight is 517 g/mol. The van der Waals surface area contributed by atoms with Crippen LogP contribution in [0, 0.1) is 0 Å². The van der Waals surface area contributed by atoms with Crippen LogP contribution in [-0.4, -0.2) is 68.3 Å². The molecule has 1 fully saturated rings. The van der Waals surface area contributed by atoms with Gasteiger partial charge in [-0.1, -0.05) is 30.3 Å². The fourth-order valence-electron chi connectivity index (χ4n) is 5.10. The molecule has 0 spiro atoms. The van der Waals surface area contributed by atoms with Gasteiger partial charge in [0.15, 0.2) is 0 Å². The Balaban J connectivity index is 1.20. The molecule has 1 aliphatic heterocycles. The molecule has 0 radical (unpaired) electrons. The number of nitrogens with zero attached hydrogens (tertiary/aromatic N) is 6. The van der Waals surface area contributed by atoms with Crippen molar-refractivity contribution in [3.05, 3.63) is 84.9 Å². The van der Waals surface area contributed by atoms with E-state index in [0.29, 0.717) is 12.4 Å². The fraction of sp³-hybridized carbons (Fsp3) is 0.200. The second-order valence-corrected chi connectivity index (χ2v) is 9.94. The molecule has 194 valence electrons. The maximum atomic E-state index is 5.99. The molecule has 9 nitrogen and oxygen atoms in total. The summed E-state index contributed by atoms with van der Waals surface area (Å²) in [7, 11) is 2.16. The van der Waals surface area contributed by atoms with Crippen LogP contribution in [0.2, 0.25) is 0 Å². The number of aromatic nitrogens is 6. The predicted octanol–water partition coefficient (Wildman–Crippen LogP) is 4.89. The van der Waals surface area contributed by atoms with E-state index in [1.165, 1.54) is 0 Å². The van der Waals surface area contributed by atoms with Gasteiger partial charge in [-0.3, -0.25) is 15.1 Å². The molecular weight excluding hydrogens is 488 g/mol. The Morgan fingerprint density at radius 1 is 0.872 bits per heavy atom. The smallest absolute Gasteiger partial charge is 0.138 e. The average Bonchev–Trinajstić information content (AvgIpc) is 3.61. The number of rotatable bonds is 6. The zero-order valence-electron chi connectivity index (χ0n) is 21.6. The Kier molecular flexibility index (Phi) is 5.90. The Morgan fingerprint density at radius 2 is 1.74 bits per heavy atom. The standard InChI is InChI=1S/C30H28N8O/c1-37-9-11-38(12-10-37)30-24-15-27(34-25(24)7-8-32-30)29-23-14-26(33-18-28(23)35-36-29)21-13-22(17-31-16-21)39-19-20-5-3-2-4-6-20/h2-8,13-18,34H,9-12,19H2,1H3,(H,35,36). The molecule has 39 heavy (non-hydrogen) atoms. The van der Waals surface area contributed by atoms with Gasteiger partial charge in [0.05, 0.1) is 34.8 Å². The summed E-state index contributed by atoms with van der Waals surface area (Å²) in [4.78, 5) is 22.1. The Bertz CT molecular complexity index is 1750. The van der Waals surface area contributed by atoms with Crippen molar-refractivity contribution in [3.8, 4) is 28.4 Å². The predicted molar refractivity (Wildman–Crippen MR) is 153 cm³/mol. The highest BCUT2D eigenvalue weighted by Crippen LogP contribution is 2.34. The van der Waals surface area contributed by atoms with Crippen molar-refractivity contribution >= 4 is 27.6 Å². The fourth-order valence-corrected chi connectivity index (χ4v) is 5.10. The van der Waals surface area contributed by atoms with Crippen molar-refractivity contribution in [2.45, 2.75) is 6.61 Å². The van der Waals surface area contributed by atoms with Gasteiger partial charge in [0.2, 0.25) is 0 Å². The van der Waals surface area contributed by atoms with Crippen molar-refractivity contribution in [1.82, 2.24) is 35.0 Å². The van der Waals surface area contributed by atoms with Gasteiger partial charge in [-0.2, -0.15) is 5.10 Å². The summed E-state index contributed by atoms with van der Waals surface area (Å²) in [6.45, 7) is 4.47. The molecule has 7 rings (SSSR count). The number of H-pyrrole nitrogens is 2. The highest BCUT2D eigenvalue weighted by Gasteiger charge is 2.20. The zero-order chi connectivity index (χ0) is 26.2. The minimum absolute atomic E-state index is 0.482. The molecule has 0 atom stereocenters. The summed E-state index contributed by atoms with van der Waals surface area (Å²) in [5.41, 5.74) is 6.50. The number of aromatic amines is 2. The number of fused-ring (bicyclic) bond motifs is 2. The summed E-state index contributed by atoms with van der Waals surface area (Å²) in [5, 5.41) is 9.88. The lowest BCUT2D eigenvalue weighted by molar-refractivity contribution is 0.305. The van der Waals surface area contributed by atoms with Crippen LogP contribution in [0.3, 0.4) is 0 Å². The van der Waals surface area contributed by atoms with Crippen molar-refractivity contribution < 1.29 is 4.74 Å². The van der Waals surface area contributed by atoms with E-state index in [9.17, 15) is 0 Å². The normalized spacial score (nSPS) is 14.3. The van der Waals surface area contributed by atoms with E-state index in [1.54, 1.807) is 12.4 Å². The first kappa shape index (κ1) is 23.4. The van der Waals surface area contributed by atoms with Gasteiger partial charge in [0, 0.05) is 54.9 Å². The molecular formula is C30H28N8O. The monoisotopic (exact) mass is 516 g/mol. The largest absolute Gasteiger partial charge is 0.487 e. The first-order valence-corrected chi connectivity index (χ1v) is 13.1. The maximum absolute atomic E-state index is 5.99. The third kappa shape index (κ3) is 4.57. The summed E-state index contributed by atoms with van der Waals surface area (Å²) < 4.78 is 5.99. The second kappa shape index (κ2) is 9.85.